The summed E-state index contributed by atoms with van der Waals surface area (Å²) in [7, 11) is 0. The molecule has 1 N–H and O–H groups in total. The summed E-state index contributed by atoms with van der Waals surface area (Å²) in [6, 6.07) is 6.46. The highest BCUT2D eigenvalue weighted by Crippen LogP contribution is 2.30. The third-order valence-corrected chi connectivity index (χ3v) is 4.62. The molecule has 1 fully saturated rings. The van der Waals surface area contributed by atoms with Gasteiger partial charge in [-0.3, -0.25) is 14.7 Å². The molecule has 2 aromatic rings. The van der Waals surface area contributed by atoms with Crippen LogP contribution in [0.5, 0.6) is 0 Å². The van der Waals surface area contributed by atoms with E-state index in [1.54, 1.807) is 0 Å². The van der Waals surface area contributed by atoms with Crippen molar-refractivity contribution in [1.29, 1.82) is 0 Å². The van der Waals surface area contributed by atoms with E-state index in [0.717, 1.165) is 42.0 Å². The lowest BCUT2D eigenvalue weighted by molar-refractivity contribution is 0.135. The monoisotopic (exact) mass is 297 g/mol. The van der Waals surface area contributed by atoms with Gasteiger partial charge in [-0.15, -0.1) is 0 Å². The molecule has 1 unspecified atom stereocenters. The molecule has 0 spiro atoms. The first-order valence-corrected chi connectivity index (χ1v) is 7.99. The number of aromatic nitrogens is 2. The Morgan fingerprint density at radius 3 is 2.95 bits per heavy atom. The fraction of sp³-hybridized carbons (Fsp3) is 0.444. The van der Waals surface area contributed by atoms with Crippen molar-refractivity contribution >= 4 is 0 Å². The summed E-state index contributed by atoms with van der Waals surface area (Å²) in [6.07, 6.45) is 7.26. The van der Waals surface area contributed by atoms with Gasteiger partial charge in [-0.2, -0.15) is 0 Å². The quantitative estimate of drug-likeness (QED) is 0.947. The van der Waals surface area contributed by atoms with Crippen LogP contribution in [0.2, 0.25) is 0 Å². The topological polar surface area (TPSA) is 49.0 Å². The molecule has 1 atom stereocenters. The van der Waals surface area contributed by atoms with Crippen LogP contribution in [0.15, 0.2) is 35.4 Å². The van der Waals surface area contributed by atoms with Gasteiger partial charge in [0.05, 0.1) is 11.7 Å². The highest BCUT2D eigenvalue weighted by Gasteiger charge is 2.25. The van der Waals surface area contributed by atoms with Crippen molar-refractivity contribution in [2.75, 3.05) is 6.54 Å². The Morgan fingerprint density at radius 1 is 1.32 bits per heavy atom. The number of H-pyrrole nitrogens is 1. The molecule has 1 saturated heterocycles. The Bertz CT molecular complexity index is 693. The Hall–Kier alpha value is -1.94. The van der Waals surface area contributed by atoms with Crippen molar-refractivity contribution < 1.29 is 0 Å². The molecular weight excluding hydrogens is 274 g/mol. The first-order chi connectivity index (χ1) is 10.7. The van der Waals surface area contributed by atoms with Crippen molar-refractivity contribution in [2.45, 2.75) is 45.7 Å². The first kappa shape index (κ1) is 15.0. The van der Waals surface area contributed by atoms with E-state index in [1.807, 2.05) is 38.4 Å². The summed E-state index contributed by atoms with van der Waals surface area (Å²) in [6.45, 7) is 5.60. The minimum Gasteiger partial charge on any atom is -0.363 e. The van der Waals surface area contributed by atoms with Gasteiger partial charge in [-0.05, 0) is 45.4 Å². The number of nitrogens with one attached hydrogen (secondary N) is 1. The summed E-state index contributed by atoms with van der Waals surface area (Å²) >= 11 is 0. The van der Waals surface area contributed by atoms with E-state index in [1.165, 1.54) is 12.8 Å². The predicted molar refractivity (Wildman–Crippen MR) is 87.8 cm³/mol. The molecule has 116 valence electrons. The van der Waals surface area contributed by atoms with Crippen molar-refractivity contribution in [1.82, 2.24) is 14.9 Å². The molecule has 2 aromatic heterocycles. The number of nitrogens with zero attached hydrogens (tertiary/aromatic N) is 2. The van der Waals surface area contributed by atoms with E-state index >= 15 is 0 Å². The molecule has 0 radical (unpaired) electrons. The van der Waals surface area contributed by atoms with Crippen LogP contribution in [-0.2, 0) is 6.54 Å². The fourth-order valence-electron chi connectivity index (χ4n) is 3.26. The second-order valence-electron chi connectivity index (χ2n) is 6.14. The smallest absolute Gasteiger partial charge is 0.187 e. The normalized spacial score (nSPS) is 19.3. The van der Waals surface area contributed by atoms with Crippen molar-refractivity contribution in [3.63, 3.8) is 0 Å². The Kier molecular flexibility index (Phi) is 4.39. The molecule has 0 aromatic carbocycles. The average Bonchev–Trinajstić information content (AvgIpc) is 2.57. The van der Waals surface area contributed by atoms with E-state index in [9.17, 15) is 4.79 Å². The zero-order valence-corrected chi connectivity index (χ0v) is 13.3. The maximum absolute atomic E-state index is 12.1. The number of pyridine rings is 2. The van der Waals surface area contributed by atoms with Gasteiger partial charge in [0.1, 0.15) is 0 Å². The third kappa shape index (κ3) is 2.97. The molecule has 0 saturated carbocycles. The number of likely N-dealkylation sites (tertiary alicyclic amines) is 1. The summed E-state index contributed by atoms with van der Waals surface area (Å²) in [5.74, 6) is 0. The minimum atomic E-state index is 0.153. The number of aromatic amines is 1. The number of hydrogen-bond acceptors (Lipinski definition) is 3. The number of aryl methyl sites for hydroxylation is 1. The Labute approximate surface area is 131 Å². The highest BCUT2D eigenvalue weighted by molar-refractivity contribution is 5.24. The third-order valence-electron chi connectivity index (χ3n) is 4.62. The molecule has 4 heteroatoms. The van der Waals surface area contributed by atoms with Crippen LogP contribution in [-0.4, -0.2) is 21.4 Å². The van der Waals surface area contributed by atoms with Crippen LogP contribution < -0.4 is 5.43 Å². The van der Waals surface area contributed by atoms with Crippen molar-refractivity contribution in [3.05, 3.63) is 63.3 Å². The lowest BCUT2D eigenvalue weighted by Crippen LogP contribution is -2.34. The summed E-state index contributed by atoms with van der Waals surface area (Å²) < 4.78 is 0. The lowest BCUT2D eigenvalue weighted by atomic mass is 9.98. The molecule has 4 nitrogen and oxygen atoms in total. The maximum atomic E-state index is 12.1. The van der Waals surface area contributed by atoms with Gasteiger partial charge in [0.15, 0.2) is 5.43 Å². The summed E-state index contributed by atoms with van der Waals surface area (Å²) in [5, 5.41) is 0. The van der Waals surface area contributed by atoms with Crippen LogP contribution in [0.1, 0.15) is 47.8 Å². The summed E-state index contributed by atoms with van der Waals surface area (Å²) in [4.78, 5) is 22.4. The van der Waals surface area contributed by atoms with E-state index in [-0.39, 0.29) is 5.43 Å². The standard InChI is InChI=1S/C18H23N3O/c1-13-11-20-16(14(2)18(13)22)12-21-10-6-4-8-17(21)15-7-3-5-9-19-15/h3,5,7,9,11,17H,4,6,8,10,12H2,1-2H3,(H,20,22). The molecule has 1 aliphatic rings. The van der Waals surface area contributed by atoms with Gasteiger partial charge in [0.2, 0.25) is 0 Å². The molecular formula is C18H23N3O. The molecule has 1 aliphatic heterocycles. The van der Waals surface area contributed by atoms with Crippen LogP contribution in [0.3, 0.4) is 0 Å². The second-order valence-corrected chi connectivity index (χ2v) is 6.14. The molecule has 0 aliphatic carbocycles. The SMILES string of the molecule is Cc1c[nH]c(CN2CCCCC2c2ccccn2)c(C)c1=O. The molecule has 0 bridgehead atoms. The van der Waals surface area contributed by atoms with E-state index in [0.29, 0.717) is 6.04 Å². The van der Waals surface area contributed by atoms with Gasteiger partial charge < -0.3 is 4.98 Å². The number of rotatable bonds is 3. The van der Waals surface area contributed by atoms with Gasteiger partial charge in [-0.25, -0.2) is 0 Å². The predicted octanol–water partition coefficient (Wildman–Crippen LogP) is 3.11. The molecule has 22 heavy (non-hydrogen) atoms. The maximum Gasteiger partial charge on any atom is 0.187 e. The van der Waals surface area contributed by atoms with E-state index in [2.05, 4.69) is 20.9 Å². The van der Waals surface area contributed by atoms with E-state index < -0.39 is 0 Å². The zero-order chi connectivity index (χ0) is 15.5. The molecule has 3 heterocycles. The fourth-order valence-corrected chi connectivity index (χ4v) is 3.26. The van der Waals surface area contributed by atoms with Crippen LogP contribution >= 0.6 is 0 Å². The Balaban J connectivity index is 1.86. The minimum absolute atomic E-state index is 0.153. The van der Waals surface area contributed by atoms with Crippen LogP contribution in [0, 0.1) is 13.8 Å². The second kappa shape index (κ2) is 6.44. The zero-order valence-electron chi connectivity index (χ0n) is 13.3. The number of hydrogen-bond donors (Lipinski definition) is 1. The average molecular weight is 297 g/mol. The Morgan fingerprint density at radius 2 is 2.18 bits per heavy atom. The number of piperidine rings is 1. The largest absolute Gasteiger partial charge is 0.363 e. The highest BCUT2D eigenvalue weighted by atomic mass is 16.1. The lowest BCUT2D eigenvalue weighted by Gasteiger charge is -2.35. The van der Waals surface area contributed by atoms with Crippen molar-refractivity contribution in [2.24, 2.45) is 0 Å². The van der Waals surface area contributed by atoms with Crippen molar-refractivity contribution in [3.8, 4) is 0 Å². The molecule has 3 rings (SSSR count). The van der Waals surface area contributed by atoms with Crippen LogP contribution in [0.4, 0.5) is 0 Å². The van der Waals surface area contributed by atoms with Gasteiger partial charge >= 0.3 is 0 Å². The van der Waals surface area contributed by atoms with E-state index in [4.69, 9.17) is 0 Å². The van der Waals surface area contributed by atoms with Gasteiger partial charge in [0.25, 0.3) is 0 Å². The first-order valence-electron chi connectivity index (χ1n) is 7.99. The molecule has 0 amide bonds. The van der Waals surface area contributed by atoms with Gasteiger partial charge in [0, 0.05) is 35.8 Å². The van der Waals surface area contributed by atoms with Gasteiger partial charge in [-0.1, -0.05) is 12.5 Å². The summed E-state index contributed by atoms with van der Waals surface area (Å²) in [5.41, 5.74) is 3.93. The van der Waals surface area contributed by atoms with Crippen LogP contribution in [0.25, 0.3) is 0 Å².